The van der Waals surface area contributed by atoms with Gasteiger partial charge in [-0.05, 0) is 41.8 Å². The van der Waals surface area contributed by atoms with Crippen LogP contribution in [0.1, 0.15) is 0 Å². The van der Waals surface area contributed by atoms with Crippen molar-refractivity contribution in [2.45, 2.75) is 0 Å². The van der Waals surface area contributed by atoms with Crippen LogP contribution in [0.3, 0.4) is 0 Å². The van der Waals surface area contributed by atoms with E-state index < -0.39 is 0 Å². The molecule has 0 fully saturated rings. The Kier molecular flexibility index (Phi) is 4.83. The molecule has 0 saturated heterocycles. The number of hydrogen-bond donors (Lipinski definition) is 0. The van der Waals surface area contributed by atoms with Crippen LogP contribution in [0.2, 0.25) is 0 Å². The smallest absolute Gasteiger partial charge is 0.227 e. The molecule has 0 atom stereocenters. The minimum atomic E-state index is 0.568. The molecule has 0 aliphatic heterocycles. The monoisotopic (exact) mass is 539 g/mol. The van der Waals surface area contributed by atoms with Crippen LogP contribution in [0.15, 0.2) is 136 Å². The molecule has 0 radical (unpaired) electrons. The lowest BCUT2D eigenvalue weighted by Crippen LogP contribution is -1.96. The van der Waals surface area contributed by atoms with Crippen molar-refractivity contribution in [3.8, 4) is 34.1 Å². The fourth-order valence-electron chi connectivity index (χ4n) is 5.99. The average Bonchev–Trinajstić information content (AvgIpc) is 3.67. The van der Waals surface area contributed by atoms with Gasteiger partial charge in [-0.25, -0.2) is 15.0 Å². The Labute approximate surface area is 239 Å². The van der Waals surface area contributed by atoms with Gasteiger partial charge in [-0.3, -0.25) is 0 Å². The minimum absolute atomic E-state index is 0.568. The van der Waals surface area contributed by atoms with Crippen molar-refractivity contribution in [3.05, 3.63) is 127 Å². The molecule has 5 nitrogen and oxygen atoms in total. The van der Waals surface area contributed by atoms with Crippen LogP contribution in [0.5, 0.6) is 0 Å². The van der Waals surface area contributed by atoms with Gasteiger partial charge in [-0.15, -0.1) is 0 Å². The second-order valence-electron chi connectivity index (χ2n) is 10.4. The molecular weight excluding hydrogens is 518 g/mol. The highest BCUT2D eigenvalue weighted by atomic mass is 16.3. The second kappa shape index (κ2) is 8.85. The number of hydrogen-bond acceptors (Lipinski definition) is 5. The maximum absolute atomic E-state index is 6.45. The maximum atomic E-state index is 6.45. The first-order valence-corrected chi connectivity index (χ1v) is 13.9. The minimum Gasteiger partial charge on any atom is -0.456 e. The maximum Gasteiger partial charge on any atom is 0.227 e. The summed E-state index contributed by atoms with van der Waals surface area (Å²) in [4.78, 5) is 15.4. The Morgan fingerprint density at radius 1 is 0.500 bits per heavy atom. The third-order valence-electron chi connectivity index (χ3n) is 7.91. The molecule has 0 bridgehead atoms. The summed E-state index contributed by atoms with van der Waals surface area (Å²) in [6, 6.07) is 42.7. The van der Waals surface area contributed by atoms with E-state index in [4.69, 9.17) is 23.8 Å². The molecule has 42 heavy (non-hydrogen) atoms. The fraction of sp³-hybridized carbons (Fsp3) is 0. The van der Waals surface area contributed by atoms with Gasteiger partial charge in [-0.1, -0.05) is 91.0 Å². The molecule has 3 aromatic heterocycles. The van der Waals surface area contributed by atoms with E-state index in [0.717, 1.165) is 77.1 Å². The Bertz CT molecular complexity index is 2470. The van der Waals surface area contributed by atoms with E-state index in [1.54, 1.807) is 0 Å². The van der Waals surface area contributed by atoms with Gasteiger partial charge in [0.2, 0.25) is 5.89 Å². The molecule has 0 unspecified atom stereocenters. The lowest BCUT2D eigenvalue weighted by molar-refractivity contribution is 0.623. The van der Waals surface area contributed by atoms with Crippen molar-refractivity contribution in [2.24, 2.45) is 0 Å². The van der Waals surface area contributed by atoms with Crippen LogP contribution in [-0.2, 0) is 0 Å². The predicted octanol–water partition coefficient (Wildman–Crippen LogP) is 9.82. The summed E-state index contributed by atoms with van der Waals surface area (Å²) < 4.78 is 12.7. The summed E-state index contributed by atoms with van der Waals surface area (Å²) in [5.41, 5.74) is 7.59. The van der Waals surface area contributed by atoms with Gasteiger partial charge >= 0.3 is 0 Å². The van der Waals surface area contributed by atoms with Gasteiger partial charge in [0.25, 0.3) is 0 Å². The Hall–Kier alpha value is -5.81. The van der Waals surface area contributed by atoms with Gasteiger partial charge in [0.05, 0.1) is 11.2 Å². The lowest BCUT2D eigenvalue weighted by atomic mass is 9.99. The summed E-state index contributed by atoms with van der Waals surface area (Å²) in [7, 11) is 0. The molecule has 0 saturated carbocycles. The van der Waals surface area contributed by atoms with Crippen LogP contribution in [0.25, 0.3) is 88.8 Å². The Morgan fingerprint density at radius 2 is 1.24 bits per heavy atom. The topological polar surface area (TPSA) is 65.0 Å². The van der Waals surface area contributed by atoms with Crippen LogP contribution in [0.4, 0.5) is 0 Å². The van der Waals surface area contributed by atoms with Gasteiger partial charge in [-0.2, -0.15) is 0 Å². The predicted molar refractivity (Wildman–Crippen MR) is 168 cm³/mol. The summed E-state index contributed by atoms with van der Waals surface area (Å²) in [5.74, 6) is 1.16. The fourth-order valence-corrected chi connectivity index (χ4v) is 5.99. The first-order valence-electron chi connectivity index (χ1n) is 13.9. The molecule has 196 valence electrons. The SMILES string of the molecule is c1ccc(-c2nc3c(-c4nc(-c5cccc6oc7ccccc7c56)c5ccccc5n4)cc4ccccc4c3o2)cc1. The van der Waals surface area contributed by atoms with Crippen LogP contribution >= 0.6 is 0 Å². The number of rotatable bonds is 3. The largest absolute Gasteiger partial charge is 0.456 e. The molecule has 0 N–H and O–H groups in total. The molecule has 9 rings (SSSR count). The average molecular weight is 540 g/mol. The van der Waals surface area contributed by atoms with E-state index in [-0.39, 0.29) is 0 Å². The first-order chi connectivity index (χ1) is 20.8. The third-order valence-corrected chi connectivity index (χ3v) is 7.91. The zero-order valence-corrected chi connectivity index (χ0v) is 22.3. The van der Waals surface area contributed by atoms with Crippen molar-refractivity contribution >= 4 is 54.7 Å². The highest BCUT2D eigenvalue weighted by Gasteiger charge is 2.21. The molecule has 5 heteroatoms. The van der Waals surface area contributed by atoms with E-state index >= 15 is 0 Å². The second-order valence-corrected chi connectivity index (χ2v) is 10.4. The van der Waals surface area contributed by atoms with Crippen molar-refractivity contribution in [3.63, 3.8) is 0 Å². The van der Waals surface area contributed by atoms with Crippen molar-refractivity contribution < 1.29 is 8.83 Å². The normalized spacial score (nSPS) is 11.8. The van der Waals surface area contributed by atoms with Crippen LogP contribution < -0.4 is 0 Å². The summed E-state index contributed by atoms with van der Waals surface area (Å²) in [6.45, 7) is 0. The van der Waals surface area contributed by atoms with Gasteiger partial charge in [0.15, 0.2) is 11.4 Å². The van der Waals surface area contributed by atoms with Gasteiger partial charge < -0.3 is 8.83 Å². The third kappa shape index (κ3) is 3.40. The quantitative estimate of drug-likeness (QED) is 0.224. The summed E-state index contributed by atoms with van der Waals surface area (Å²) in [6.07, 6.45) is 0. The van der Waals surface area contributed by atoms with Crippen molar-refractivity contribution in [1.82, 2.24) is 15.0 Å². The lowest BCUT2D eigenvalue weighted by Gasteiger charge is -2.11. The molecule has 6 aromatic carbocycles. The van der Waals surface area contributed by atoms with E-state index in [1.165, 1.54) is 0 Å². The summed E-state index contributed by atoms with van der Waals surface area (Å²) in [5, 5.41) is 5.11. The zero-order chi connectivity index (χ0) is 27.6. The number of nitrogens with zero attached hydrogens (tertiary/aromatic N) is 3. The number of furan rings is 1. The molecule has 0 aliphatic carbocycles. The number of fused-ring (bicyclic) bond motifs is 7. The highest BCUT2D eigenvalue weighted by Crippen LogP contribution is 2.41. The van der Waals surface area contributed by atoms with Gasteiger partial charge in [0, 0.05) is 38.2 Å². The van der Waals surface area contributed by atoms with E-state index in [9.17, 15) is 0 Å². The summed E-state index contributed by atoms with van der Waals surface area (Å²) >= 11 is 0. The standard InChI is InChI=1S/C37H21N3O2/c1-2-11-22(12-3-1)37-40-34-28(21-23-13-4-5-14-24(23)35(34)42-37)36-38-29-18-8-6-15-25(29)33(39-36)27-17-10-20-31-32(27)26-16-7-9-19-30(26)41-31/h1-21H. The zero-order valence-electron chi connectivity index (χ0n) is 22.3. The number of benzene rings is 6. The van der Waals surface area contributed by atoms with Crippen molar-refractivity contribution in [2.75, 3.05) is 0 Å². The molecule has 0 aliphatic rings. The molecule has 0 amide bonds. The van der Waals surface area contributed by atoms with Crippen molar-refractivity contribution in [1.29, 1.82) is 0 Å². The van der Waals surface area contributed by atoms with E-state index in [0.29, 0.717) is 11.7 Å². The van der Waals surface area contributed by atoms with E-state index in [1.807, 2.05) is 91.0 Å². The first kappa shape index (κ1) is 22.9. The van der Waals surface area contributed by atoms with Crippen LogP contribution in [-0.4, -0.2) is 15.0 Å². The molecule has 0 spiro atoms. The Morgan fingerprint density at radius 3 is 2.14 bits per heavy atom. The van der Waals surface area contributed by atoms with Crippen LogP contribution in [0, 0.1) is 0 Å². The molecule has 3 heterocycles. The highest BCUT2D eigenvalue weighted by molar-refractivity contribution is 6.15. The number of oxazole rings is 1. The number of aromatic nitrogens is 3. The Balaban J connectivity index is 1.37. The van der Waals surface area contributed by atoms with Gasteiger partial charge in [0.1, 0.15) is 16.7 Å². The molecule has 9 aromatic rings. The van der Waals surface area contributed by atoms with E-state index in [2.05, 4.69) is 36.4 Å². The molecular formula is C37H21N3O2. The number of para-hydroxylation sites is 2.